The van der Waals surface area contributed by atoms with Crippen LogP contribution in [0.25, 0.3) is 48.9 Å². The third-order valence-electron chi connectivity index (χ3n) is 13.4. The molecule has 2 aliphatic rings. The summed E-state index contributed by atoms with van der Waals surface area (Å²) in [7, 11) is 0. The lowest BCUT2D eigenvalue weighted by Gasteiger charge is -2.40. The summed E-state index contributed by atoms with van der Waals surface area (Å²) in [4.78, 5) is 20.1. The van der Waals surface area contributed by atoms with E-state index in [9.17, 15) is 0 Å². The molecule has 0 saturated carbocycles. The molecule has 0 atom stereocenters. The fourth-order valence-corrected chi connectivity index (χ4v) is 11.3. The zero-order chi connectivity index (χ0) is 46.1. The van der Waals surface area contributed by atoms with Crippen molar-refractivity contribution >= 4 is 101 Å². The molecule has 0 spiro atoms. The van der Waals surface area contributed by atoms with Crippen LogP contribution in [0.3, 0.4) is 0 Å². The van der Waals surface area contributed by atoms with Gasteiger partial charge in [-0.15, -0.1) is 11.3 Å². The highest BCUT2D eigenvalue weighted by molar-refractivity contribution is 7.21. The van der Waals surface area contributed by atoms with Gasteiger partial charge in [0, 0.05) is 39.6 Å². The molecule has 12 aromatic rings. The number of hydrogen-bond donors (Lipinski definition) is 0. The number of anilines is 12. The molecule has 0 unspecified atom stereocenters. The van der Waals surface area contributed by atoms with Crippen molar-refractivity contribution in [2.45, 2.75) is 0 Å². The average Bonchev–Trinajstić information content (AvgIpc) is 4.03. The van der Waals surface area contributed by atoms with Crippen LogP contribution in [-0.2, 0) is 0 Å². The first-order chi connectivity index (χ1) is 34.7. The third kappa shape index (κ3) is 6.42. The Hall–Kier alpha value is -9.24. The van der Waals surface area contributed by atoms with E-state index in [1.807, 2.05) is 0 Å². The number of aromatic nitrogens is 3. The van der Waals surface area contributed by atoms with Crippen LogP contribution in [0, 0.1) is 0 Å². The second-order valence-electron chi connectivity index (χ2n) is 17.5. The van der Waals surface area contributed by atoms with Crippen LogP contribution < -0.4 is 19.6 Å². The minimum absolute atomic E-state index is 0.878. The van der Waals surface area contributed by atoms with Crippen molar-refractivity contribution in [1.82, 2.24) is 14.5 Å². The number of hydrogen-bond acceptors (Lipinski definition) is 7. The van der Waals surface area contributed by atoms with Gasteiger partial charge in [0.15, 0.2) is 0 Å². The average molecular weight is 916 g/mol. The van der Waals surface area contributed by atoms with Crippen molar-refractivity contribution in [2.24, 2.45) is 0 Å². The molecule has 0 aliphatic carbocycles. The zero-order valence-corrected chi connectivity index (χ0v) is 38.5. The van der Waals surface area contributed by atoms with Crippen LogP contribution in [0.2, 0.25) is 0 Å². The summed E-state index contributed by atoms with van der Waals surface area (Å²) >= 11 is 1.70. The number of nitrogens with zero attached hydrogens (tertiary/aromatic N) is 7. The van der Waals surface area contributed by atoms with Crippen LogP contribution in [-0.4, -0.2) is 14.5 Å². The molecule has 0 bridgehead atoms. The quantitative estimate of drug-likeness (QED) is 0.159. The Bertz CT molecular complexity index is 3810. The van der Waals surface area contributed by atoms with Crippen LogP contribution in [0.4, 0.5) is 68.2 Å². The van der Waals surface area contributed by atoms with E-state index in [0.29, 0.717) is 0 Å². The maximum atomic E-state index is 5.39. The Morgan fingerprint density at radius 1 is 0.286 bits per heavy atom. The van der Waals surface area contributed by atoms with Gasteiger partial charge in [0.2, 0.25) is 0 Å². The Morgan fingerprint density at radius 2 is 0.629 bits per heavy atom. The lowest BCUT2D eigenvalue weighted by Crippen LogP contribution is -2.23. The summed E-state index contributed by atoms with van der Waals surface area (Å²) in [5, 5.41) is 0.971. The second-order valence-corrected chi connectivity index (χ2v) is 18.5. The Morgan fingerprint density at radius 3 is 1.03 bits per heavy atom. The smallest absolute Gasteiger partial charge is 0.145 e. The maximum absolute atomic E-state index is 5.39. The molecule has 7 nitrogen and oxygen atoms in total. The van der Waals surface area contributed by atoms with Crippen molar-refractivity contribution in [2.75, 3.05) is 19.6 Å². The Labute approximate surface area is 409 Å². The Balaban J connectivity index is 0.814. The van der Waals surface area contributed by atoms with E-state index in [-0.39, 0.29) is 0 Å². The fourth-order valence-electron chi connectivity index (χ4n) is 10.3. The minimum Gasteiger partial charge on any atom is -0.306 e. The van der Waals surface area contributed by atoms with Gasteiger partial charge >= 0.3 is 0 Å². The first-order valence-electron chi connectivity index (χ1n) is 23.5. The van der Waals surface area contributed by atoms with Crippen LogP contribution in [0.15, 0.2) is 249 Å². The van der Waals surface area contributed by atoms with E-state index >= 15 is 0 Å². The van der Waals surface area contributed by atoms with Gasteiger partial charge < -0.3 is 19.6 Å². The van der Waals surface area contributed by atoms with Crippen molar-refractivity contribution in [3.63, 3.8) is 0 Å². The first kappa shape index (κ1) is 39.9. The zero-order valence-electron chi connectivity index (χ0n) is 37.7. The highest BCUT2D eigenvalue weighted by atomic mass is 32.1. The van der Waals surface area contributed by atoms with E-state index in [2.05, 4.69) is 273 Å². The lowest BCUT2D eigenvalue weighted by molar-refractivity contribution is 1.10. The van der Waals surface area contributed by atoms with E-state index in [1.54, 1.807) is 11.3 Å². The molecule has 4 heterocycles. The van der Waals surface area contributed by atoms with Gasteiger partial charge in [-0.3, -0.25) is 4.57 Å². The predicted octanol–water partition coefficient (Wildman–Crippen LogP) is 17.5. The summed E-state index contributed by atoms with van der Waals surface area (Å²) in [6, 6.07) is 88.4. The first-order valence-corrected chi connectivity index (χ1v) is 24.3. The lowest BCUT2D eigenvalue weighted by atomic mass is 10.0. The van der Waals surface area contributed by atoms with Crippen molar-refractivity contribution in [3.8, 4) is 27.6 Å². The van der Waals surface area contributed by atoms with E-state index in [4.69, 9.17) is 9.97 Å². The molecule has 0 fully saturated rings. The summed E-state index contributed by atoms with van der Waals surface area (Å²) in [5.74, 6) is 0.878. The van der Waals surface area contributed by atoms with Gasteiger partial charge in [0.1, 0.15) is 10.8 Å². The molecule has 0 N–H and O–H groups in total. The van der Waals surface area contributed by atoms with Gasteiger partial charge in [-0.1, -0.05) is 103 Å². The molecular weight excluding hydrogens is 875 g/mol. The van der Waals surface area contributed by atoms with Crippen molar-refractivity contribution in [1.29, 1.82) is 0 Å². The molecule has 70 heavy (non-hydrogen) atoms. The number of thiazole rings is 1. The van der Waals surface area contributed by atoms with Gasteiger partial charge in [-0.05, 0) is 146 Å². The van der Waals surface area contributed by atoms with Crippen LogP contribution in [0.1, 0.15) is 0 Å². The standard InChI is InChI=1S/C62H41N7S/c1-4-18-44(19-5-1)65-51-24-10-14-28-55(51)67(56-29-15-11-25-52(56)65)47-36-32-42(33-37-47)61-63-49-41-60-50(40-59(49)69(61)46-22-8-3-9-23-46)64-62(70-60)43-34-38-48(39-35-43)68-57-30-16-12-26-53(57)66(45-20-6-2-7-21-45)54-27-13-17-31-58(54)68/h1-41H. The molecule has 8 heteroatoms. The molecule has 2 aromatic heterocycles. The number of para-hydroxylation sites is 11. The molecule has 0 saturated heterocycles. The van der Waals surface area contributed by atoms with Crippen LogP contribution in [0.5, 0.6) is 0 Å². The molecular formula is C62H41N7S. The summed E-state index contributed by atoms with van der Waals surface area (Å²) < 4.78 is 3.37. The number of imidazole rings is 1. The number of benzene rings is 10. The normalized spacial score (nSPS) is 12.7. The number of rotatable bonds is 7. The summed E-state index contributed by atoms with van der Waals surface area (Å²) in [6.07, 6.45) is 0. The van der Waals surface area contributed by atoms with E-state index in [0.717, 1.165) is 117 Å². The fraction of sp³-hybridized carbons (Fsp3) is 0. The topological polar surface area (TPSA) is 43.7 Å². The Kier molecular flexibility index (Phi) is 9.25. The van der Waals surface area contributed by atoms with Crippen LogP contribution >= 0.6 is 11.3 Å². The predicted molar refractivity (Wildman–Crippen MR) is 291 cm³/mol. The summed E-state index contributed by atoms with van der Waals surface area (Å²) in [5.41, 5.74) is 19.4. The largest absolute Gasteiger partial charge is 0.306 e. The monoisotopic (exact) mass is 915 g/mol. The van der Waals surface area contributed by atoms with E-state index in [1.165, 1.54) is 0 Å². The molecule has 10 aromatic carbocycles. The molecule has 2 aliphatic heterocycles. The minimum atomic E-state index is 0.878. The highest BCUT2D eigenvalue weighted by Gasteiger charge is 2.32. The number of fused-ring (bicyclic) bond motifs is 6. The van der Waals surface area contributed by atoms with Gasteiger partial charge in [-0.2, -0.15) is 0 Å². The van der Waals surface area contributed by atoms with Gasteiger partial charge in [0.25, 0.3) is 0 Å². The second kappa shape index (κ2) is 16.2. The molecule has 14 rings (SSSR count). The van der Waals surface area contributed by atoms with E-state index < -0.39 is 0 Å². The van der Waals surface area contributed by atoms with Gasteiger partial charge in [-0.25, -0.2) is 9.97 Å². The van der Waals surface area contributed by atoms with Gasteiger partial charge in [0.05, 0.1) is 66.7 Å². The van der Waals surface area contributed by atoms with Crippen molar-refractivity contribution in [3.05, 3.63) is 249 Å². The SMILES string of the molecule is c1ccc(N2c3ccccc3N(c3ccc(-c4nc5cc6c(cc5s4)nc(-c4ccc(N5c7ccccc7N(c7ccccc7)c7ccccc75)cc4)n6-c4ccccc4)cc3)c3ccccc32)cc1. The van der Waals surface area contributed by atoms with Crippen molar-refractivity contribution < 1.29 is 0 Å². The third-order valence-corrected chi connectivity index (χ3v) is 14.5. The highest BCUT2D eigenvalue weighted by Crippen LogP contribution is 2.56. The molecule has 0 amide bonds. The maximum Gasteiger partial charge on any atom is 0.145 e. The molecule has 0 radical (unpaired) electrons. The molecule has 330 valence electrons. The summed E-state index contributed by atoms with van der Waals surface area (Å²) in [6.45, 7) is 0.